The van der Waals surface area contributed by atoms with Crippen molar-refractivity contribution in [3.63, 3.8) is 0 Å². The first-order valence-electron chi connectivity index (χ1n) is 6.84. The Morgan fingerprint density at radius 3 is 2.44 bits per heavy atom. The second kappa shape index (κ2) is 5.26. The number of likely N-dealkylation sites (tertiary alicyclic amines) is 1. The number of carboxylic acids is 1. The normalized spacial score (nSPS) is 27.8. The molecular weight excluding hydrogens is 232 g/mol. The Bertz CT molecular complexity index is 337. The number of nitrogens with two attached hydrogens (primary N) is 1. The van der Waals surface area contributed by atoms with Gasteiger partial charge in [0.2, 0.25) is 5.91 Å². The third-order valence-corrected chi connectivity index (χ3v) is 4.23. The van der Waals surface area contributed by atoms with Crippen molar-refractivity contribution in [2.24, 2.45) is 11.7 Å². The van der Waals surface area contributed by atoms with Gasteiger partial charge in [0, 0.05) is 13.1 Å². The van der Waals surface area contributed by atoms with E-state index in [1.165, 1.54) is 0 Å². The first kappa shape index (κ1) is 13.3. The molecule has 1 saturated heterocycles. The molecule has 1 saturated carbocycles. The SMILES string of the molecule is NC1(C(=O)N2CCC[C@@H](C(=O)O)C2)CCCCC1. The summed E-state index contributed by atoms with van der Waals surface area (Å²) >= 11 is 0. The quantitative estimate of drug-likeness (QED) is 0.769. The fraction of sp³-hybridized carbons (Fsp3) is 0.846. The van der Waals surface area contributed by atoms with Crippen LogP contribution in [-0.2, 0) is 9.59 Å². The lowest BCUT2D eigenvalue weighted by atomic mass is 9.81. The second-order valence-electron chi connectivity index (χ2n) is 5.65. The summed E-state index contributed by atoms with van der Waals surface area (Å²) in [5, 5.41) is 9.04. The Morgan fingerprint density at radius 2 is 1.83 bits per heavy atom. The maximum Gasteiger partial charge on any atom is 0.308 e. The molecule has 1 aliphatic heterocycles. The van der Waals surface area contributed by atoms with Crippen LogP contribution >= 0.6 is 0 Å². The lowest BCUT2D eigenvalue weighted by Gasteiger charge is -2.39. The van der Waals surface area contributed by atoms with Crippen LogP contribution in [0.3, 0.4) is 0 Å². The van der Waals surface area contributed by atoms with Crippen molar-refractivity contribution in [3.8, 4) is 0 Å². The molecule has 1 aliphatic carbocycles. The molecule has 0 aromatic rings. The summed E-state index contributed by atoms with van der Waals surface area (Å²) in [4.78, 5) is 25.1. The van der Waals surface area contributed by atoms with Gasteiger partial charge in [-0.05, 0) is 25.7 Å². The minimum absolute atomic E-state index is 0.0341. The molecule has 18 heavy (non-hydrogen) atoms. The van der Waals surface area contributed by atoms with E-state index in [-0.39, 0.29) is 5.91 Å². The van der Waals surface area contributed by atoms with Crippen LogP contribution in [-0.4, -0.2) is 40.5 Å². The minimum Gasteiger partial charge on any atom is -0.481 e. The van der Waals surface area contributed by atoms with E-state index in [9.17, 15) is 9.59 Å². The van der Waals surface area contributed by atoms with Gasteiger partial charge in [-0.15, -0.1) is 0 Å². The lowest BCUT2D eigenvalue weighted by molar-refractivity contribution is -0.147. The number of hydrogen-bond acceptors (Lipinski definition) is 3. The van der Waals surface area contributed by atoms with E-state index in [0.717, 1.165) is 38.5 Å². The molecule has 5 heteroatoms. The van der Waals surface area contributed by atoms with E-state index in [4.69, 9.17) is 10.8 Å². The maximum atomic E-state index is 12.5. The van der Waals surface area contributed by atoms with Gasteiger partial charge in [-0.25, -0.2) is 0 Å². The molecule has 0 spiro atoms. The van der Waals surface area contributed by atoms with Crippen molar-refractivity contribution in [2.45, 2.75) is 50.5 Å². The van der Waals surface area contributed by atoms with Crippen LogP contribution in [0.4, 0.5) is 0 Å². The molecule has 1 amide bonds. The predicted molar refractivity (Wildman–Crippen MR) is 66.9 cm³/mol. The number of nitrogens with zero attached hydrogens (tertiary/aromatic N) is 1. The van der Waals surface area contributed by atoms with Crippen molar-refractivity contribution in [3.05, 3.63) is 0 Å². The van der Waals surface area contributed by atoms with Gasteiger partial charge in [0.25, 0.3) is 0 Å². The van der Waals surface area contributed by atoms with Crippen molar-refractivity contribution in [1.29, 1.82) is 0 Å². The topological polar surface area (TPSA) is 83.6 Å². The zero-order valence-corrected chi connectivity index (χ0v) is 10.7. The average molecular weight is 254 g/mol. The predicted octanol–water partition coefficient (Wildman–Crippen LogP) is 0.971. The average Bonchev–Trinajstić information content (AvgIpc) is 2.39. The molecule has 0 aromatic carbocycles. The number of amides is 1. The molecule has 1 atom stereocenters. The summed E-state index contributed by atoms with van der Waals surface area (Å²) < 4.78 is 0. The van der Waals surface area contributed by atoms with Crippen molar-refractivity contribution in [2.75, 3.05) is 13.1 Å². The maximum absolute atomic E-state index is 12.5. The number of aliphatic carboxylic acids is 1. The van der Waals surface area contributed by atoms with Gasteiger partial charge in [0.1, 0.15) is 0 Å². The van der Waals surface area contributed by atoms with Gasteiger partial charge in [-0.2, -0.15) is 0 Å². The van der Waals surface area contributed by atoms with E-state index >= 15 is 0 Å². The summed E-state index contributed by atoms with van der Waals surface area (Å²) in [6.07, 6.45) is 6.04. The number of carbonyl (C=O) groups excluding carboxylic acids is 1. The highest BCUT2D eigenvalue weighted by molar-refractivity contribution is 5.87. The Morgan fingerprint density at radius 1 is 1.17 bits per heavy atom. The van der Waals surface area contributed by atoms with Crippen LogP contribution in [0.5, 0.6) is 0 Å². The third kappa shape index (κ3) is 2.66. The van der Waals surface area contributed by atoms with Gasteiger partial charge < -0.3 is 15.7 Å². The number of rotatable bonds is 2. The first-order chi connectivity index (χ1) is 8.53. The fourth-order valence-electron chi connectivity index (χ4n) is 3.07. The van der Waals surface area contributed by atoms with Gasteiger partial charge >= 0.3 is 5.97 Å². The zero-order chi connectivity index (χ0) is 13.2. The van der Waals surface area contributed by atoms with Crippen LogP contribution in [0.2, 0.25) is 0 Å². The Hall–Kier alpha value is -1.10. The van der Waals surface area contributed by atoms with Crippen molar-refractivity contribution >= 4 is 11.9 Å². The summed E-state index contributed by atoms with van der Waals surface area (Å²) in [5.74, 6) is -1.26. The highest BCUT2D eigenvalue weighted by atomic mass is 16.4. The molecule has 2 rings (SSSR count). The Labute approximate surface area is 107 Å². The molecular formula is C13H22N2O3. The fourth-order valence-corrected chi connectivity index (χ4v) is 3.07. The van der Waals surface area contributed by atoms with E-state index in [1.807, 2.05) is 0 Å². The van der Waals surface area contributed by atoms with Crippen LogP contribution in [0.25, 0.3) is 0 Å². The molecule has 2 fully saturated rings. The summed E-state index contributed by atoms with van der Waals surface area (Å²) in [5.41, 5.74) is 5.48. The summed E-state index contributed by atoms with van der Waals surface area (Å²) in [6, 6.07) is 0. The monoisotopic (exact) mass is 254 g/mol. The number of carbonyl (C=O) groups is 2. The van der Waals surface area contributed by atoms with Gasteiger partial charge in [0.05, 0.1) is 11.5 Å². The van der Waals surface area contributed by atoms with Gasteiger partial charge in [-0.3, -0.25) is 9.59 Å². The molecule has 0 unspecified atom stereocenters. The summed E-state index contributed by atoms with van der Waals surface area (Å²) in [6.45, 7) is 0.981. The van der Waals surface area contributed by atoms with Crippen LogP contribution < -0.4 is 5.73 Å². The number of carboxylic acid groups (broad SMARTS) is 1. The largest absolute Gasteiger partial charge is 0.481 e. The highest BCUT2D eigenvalue weighted by Crippen LogP contribution is 2.29. The molecule has 3 N–H and O–H groups in total. The number of piperidine rings is 1. The molecule has 102 valence electrons. The van der Waals surface area contributed by atoms with Crippen LogP contribution in [0, 0.1) is 5.92 Å². The molecule has 2 aliphatic rings. The smallest absolute Gasteiger partial charge is 0.308 e. The zero-order valence-electron chi connectivity index (χ0n) is 10.7. The standard InChI is InChI=1S/C13H22N2O3/c14-13(6-2-1-3-7-13)12(18)15-8-4-5-10(9-15)11(16)17/h10H,1-9,14H2,(H,16,17)/t10-/m1/s1. The molecule has 0 radical (unpaired) electrons. The highest BCUT2D eigenvalue weighted by Gasteiger charge is 2.40. The van der Waals surface area contributed by atoms with E-state index in [2.05, 4.69) is 0 Å². The molecule has 0 aromatic heterocycles. The molecule has 0 bridgehead atoms. The van der Waals surface area contributed by atoms with Crippen molar-refractivity contribution in [1.82, 2.24) is 4.90 Å². The van der Waals surface area contributed by atoms with Gasteiger partial charge in [0.15, 0.2) is 0 Å². The van der Waals surface area contributed by atoms with E-state index in [1.54, 1.807) is 4.90 Å². The second-order valence-corrected chi connectivity index (χ2v) is 5.65. The molecule has 1 heterocycles. The number of hydrogen-bond donors (Lipinski definition) is 2. The Kier molecular flexibility index (Phi) is 3.90. The lowest BCUT2D eigenvalue weighted by Crippen LogP contribution is -2.58. The first-order valence-corrected chi connectivity index (χ1v) is 6.84. The van der Waals surface area contributed by atoms with E-state index in [0.29, 0.717) is 19.5 Å². The van der Waals surface area contributed by atoms with Crippen LogP contribution in [0.1, 0.15) is 44.9 Å². The summed E-state index contributed by atoms with van der Waals surface area (Å²) in [7, 11) is 0. The van der Waals surface area contributed by atoms with Crippen LogP contribution in [0.15, 0.2) is 0 Å². The Balaban J connectivity index is 2.01. The van der Waals surface area contributed by atoms with E-state index < -0.39 is 17.4 Å². The third-order valence-electron chi connectivity index (χ3n) is 4.23. The van der Waals surface area contributed by atoms with Crippen molar-refractivity contribution < 1.29 is 14.7 Å². The molecule has 5 nitrogen and oxygen atoms in total. The van der Waals surface area contributed by atoms with Gasteiger partial charge in [-0.1, -0.05) is 19.3 Å². The minimum atomic E-state index is -0.804.